The SMILES string of the molecule is CCc1ccc(/C=C2\SC(=Nc3ccccc3C(=O)O)N(CC)C2=O)cc1. The van der Waals surface area contributed by atoms with Gasteiger partial charge >= 0.3 is 5.97 Å². The van der Waals surface area contributed by atoms with Gasteiger partial charge in [0.15, 0.2) is 5.17 Å². The zero-order valence-electron chi connectivity index (χ0n) is 15.2. The molecule has 0 bridgehead atoms. The topological polar surface area (TPSA) is 70.0 Å². The maximum Gasteiger partial charge on any atom is 0.337 e. The first-order valence-electron chi connectivity index (χ1n) is 8.74. The number of hydrogen-bond acceptors (Lipinski definition) is 4. The monoisotopic (exact) mass is 380 g/mol. The van der Waals surface area contributed by atoms with Gasteiger partial charge in [0.1, 0.15) is 0 Å². The summed E-state index contributed by atoms with van der Waals surface area (Å²) in [5.41, 5.74) is 2.64. The molecule has 1 aliphatic heterocycles. The van der Waals surface area contributed by atoms with E-state index < -0.39 is 5.97 Å². The summed E-state index contributed by atoms with van der Waals surface area (Å²) in [6, 6.07) is 14.6. The van der Waals surface area contributed by atoms with E-state index in [0.717, 1.165) is 12.0 Å². The minimum absolute atomic E-state index is 0.113. The van der Waals surface area contributed by atoms with Gasteiger partial charge in [-0.15, -0.1) is 0 Å². The number of nitrogens with zero attached hydrogens (tertiary/aromatic N) is 2. The molecule has 1 heterocycles. The molecule has 1 N–H and O–H groups in total. The van der Waals surface area contributed by atoms with E-state index in [-0.39, 0.29) is 11.5 Å². The lowest BCUT2D eigenvalue weighted by atomic mass is 10.1. The van der Waals surface area contributed by atoms with Crippen molar-refractivity contribution >= 4 is 40.6 Å². The Morgan fingerprint density at radius 2 is 1.85 bits per heavy atom. The number of thioether (sulfide) groups is 1. The predicted octanol–water partition coefficient (Wildman–Crippen LogP) is 4.57. The highest BCUT2D eigenvalue weighted by Crippen LogP contribution is 2.34. The van der Waals surface area contributed by atoms with Crippen LogP contribution < -0.4 is 0 Å². The molecular weight excluding hydrogens is 360 g/mol. The minimum atomic E-state index is -1.04. The zero-order valence-corrected chi connectivity index (χ0v) is 16.0. The standard InChI is InChI=1S/C21H20N2O3S/c1-3-14-9-11-15(12-10-14)13-18-19(24)23(4-2)21(27-18)22-17-8-6-5-7-16(17)20(25)26/h5-13H,3-4H2,1-2H3,(H,25,26)/b18-13-,22-21?. The number of aryl methyl sites for hydroxylation is 1. The number of para-hydroxylation sites is 1. The summed E-state index contributed by atoms with van der Waals surface area (Å²) in [4.78, 5) is 30.7. The van der Waals surface area contributed by atoms with Crippen LogP contribution in [0, 0.1) is 0 Å². The van der Waals surface area contributed by atoms with E-state index in [2.05, 4.69) is 11.9 Å². The Kier molecular flexibility index (Phi) is 5.76. The van der Waals surface area contributed by atoms with Gasteiger partial charge in [0.05, 0.1) is 16.2 Å². The molecule has 1 aliphatic rings. The molecule has 27 heavy (non-hydrogen) atoms. The Labute approximate surface area is 162 Å². The van der Waals surface area contributed by atoms with Crippen LogP contribution in [-0.2, 0) is 11.2 Å². The average molecular weight is 380 g/mol. The number of amides is 1. The molecule has 0 aliphatic carbocycles. The van der Waals surface area contributed by atoms with E-state index in [4.69, 9.17) is 0 Å². The number of benzene rings is 2. The van der Waals surface area contributed by atoms with Gasteiger partial charge in [-0.25, -0.2) is 9.79 Å². The highest BCUT2D eigenvalue weighted by Gasteiger charge is 2.32. The second-order valence-corrected chi connectivity index (χ2v) is 6.98. The summed E-state index contributed by atoms with van der Waals surface area (Å²) in [6.45, 7) is 4.43. The quantitative estimate of drug-likeness (QED) is 0.772. The molecule has 3 rings (SSSR count). The van der Waals surface area contributed by atoms with Gasteiger partial charge in [-0.05, 0) is 54.4 Å². The number of carboxylic acids is 1. The van der Waals surface area contributed by atoms with E-state index >= 15 is 0 Å². The summed E-state index contributed by atoms with van der Waals surface area (Å²) in [5, 5.41) is 9.83. The predicted molar refractivity (Wildman–Crippen MR) is 109 cm³/mol. The van der Waals surface area contributed by atoms with Gasteiger partial charge in [0, 0.05) is 6.54 Å². The van der Waals surface area contributed by atoms with Crippen molar-refractivity contribution in [2.24, 2.45) is 4.99 Å². The summed E-state index contributed by atoms with van der Waals surface area (Å²) in [6.07, 6.45) is 2.81. The van der Waals surface area contributed by atoms with Gasteiger partial charge in [-0.2, -0.15) is 0 Å². The first-order valence-corrected chi connectivity index (χ1v) is 9.56. The number of carboxylic acid groups (broad SMARTS) is 1. The Bertz CT molecular complexity index is 933. The number of hydrogen-bond donors (Lipinski definition) is 1. The summed E-state index contributed by atoms with van der Waals surface area (Å²) in [7, 11) is 0. The van der Waals surface area contributed by atoms with Crippen LogP contribution in [0.5, 0.6) is 0 Å². The largest absolute Gasteiger partial charge is 0.478 e. The number of carbonyl (C=O) groups excluding carboxylic acids is 1. The number of amidine groups is 1. The van der Waals surface area contributed by atoms with E-state index in [1.807, 2.05) is 37.3 Å². The first kappa shape index (κ1) is 18.9. The smallest absolute Gasteiger partial charge is 0.337 e. The van der Waals surface area contributed by atoms with Gasteiger partial charge in [-0.3, -0.25) is 9.69 Å². The van der Waals surface area contributed by atoms with E-state index in [9.17, 15) is 14.7 Å². The third-order valence-electron chi connectivity index (χ3n) is 4.24. The lowest BCUT2D eigenvalue weighted by Crippen LogP contribution is -2.28. The fraction of sp³-hybridized carbons (Fsp3) is 0.190. The van der Waals surface area contributed by atoms with E-state index in [1.165, 1.54) is 23.4 Å². The molecule has 6 heteroatoms. The van der Waals surface area contributed by atoms with Crippen molar-refractivity contribution in [3.8, 4) is 0 Å². The van der Waals surface area contributed by atoms with Crippen LogP contribution in [0.3, 0.4) is 0 Å². The zero-order chi connectivity index (χ0) is 19.4. The van der Waals surface area contributed by atoms with Gasteiger partial charge in [-0.1, -0.05) is 43.3 Å². The second-order valence-electron chi connectivity index (χ2n) is 5.97. The van der Waals surface area contributed by atoms with E-state index in [1.54, 1.807) is 23.1 Å². The second kappa shape index (κ2) is 8.22. The van der Waals surface area contributed by atoms with Crippen LogP contribution >= 0.6 is 11.8 Å². The molecule has 2 aromatic carbocycles. The molecule has 1 fully saturated rings. The van der Waals surface area contributed by atoms with Crippen molar-refractivity contribution in [2.75, 3.05) is 6.54 Å². The Balaban J connectivity index is 1.95. The van der Waals surface area contributed by atoms with Gasteiger partial charge in [0.2, 0.25) is 0 Å². The van der Waals surface area contributed by atoms with Crippen LogP contribution in [-0.4, -0.2) is 33.6 Å². The maximum absolute atomic E-state index is 12.7. The van der Waals surface area contributed by atoms with Crippen molar-refractivity contribution in [2.45, 2.75) is 20.3 Å². The molecular formula is C21H20N2O3S. The lowest BCUT2D eigenvalue weighted by Gasteiger charge is -2.12. The van der Waals surface area contributed by atoms with Crippen LogP contribution in [0.4, 0.5) is 5.69 Å². The van der Waals surface area contributed by atoms with Crippen LogP contribution in [0.2, 0.25) is 0 Å². The van der Waals surface area contributed by atoms with Gasteiger partial charge in [0.25, 0.3) is 5.91 Å². The number of likely N-dealkylation sites (N-methyl/N-ethyl adjacent to an activating group) is 1. The fourth-order valence-corrected chi connectivity index (χ4v) is 3.78. The molecule has 1 amide bonds. The number of carbonyl (C=O) groups is 2. The number of aliphatic imine (C=N–C) groups is 1. The number of rotatable bonds is 5. The first-order chi connectivity index (χ1) is 13.0. The molecule has 0 atom stereocenters. The molecule has 5 nitrogen and oxygen atoms in total. The maximum atomic E-state index is 12.7. The molecule has 0 spiro atoms. The number of aromatic carboxylic acids is 1. The third kappa shape index (κ3) is 4.11. The summed E-state index contributed by atoms with van der Waals surface area (Å²) < 4.78 is 0. The summed E-state index contributed by atoms with van der Waals surface area (Å²) in [5.74, 6) is -1.16. The Hall–Kier alpha value is -2.86. The van der Waals surface area contributed by atoms with Crippen molar-refractivity contribution < 1.29 is 14.7 Å². The molecule has 0 saturated carbocycles. The lowest BCUT2D eigenvalue weighted by molar-refractivity contribution is -0.122. The van der Waals surface area contributed by atoms with Crippen molar-refractivity contribution in [1.82, 2.24) is 4.90 Å². The van der Waals surface area contributed by atoms with Crippen LogP contribution in [0.15, 0.2) is 58.4 Å². The highest BCUT2D eigenvalue weighted by molar-refractivity contribution is 8.18. The molecule has 2 aromatic rings. The molecule has 0 radical (unpaired) electrons. The third-order valence-corrected chi connectivity index (χ3v) is 5.25. The molecule has 138 valence electrons. The van der Waals surface area contributed by atoms with Crippen molar-refractivity contribution in [3.63, 3.8) is 0 Å². The van der Waals surface area contributed by atoms with Crippen LogP contribution in [0.1, 0.15) is 35.3 Å². The summed E-state index contributed by atoms with van der Waals surface area (Å²) >= 11 is 1.27. The fourth-order valence-electron chi connectivity index (χ4n) is 2.73. The van der Waals surface area contributed by atoms with E-state index in [0.29, 0.717) is 22.3 Å². The molecule has 0 unspecified atom stereocenters. The van der Waals surface area contributed by atoms with Crippen molar-refractivity contribution in [3.05, 3.63) is 70.1 Å². The highest BCUT2D eigenvalue weighted by atomic mass is 32.2. The Morgan fingerprint density at radius 3 is 2.48 bits per heavy atom. The van der Waals surface area contributed by atoms with Gasteiger partial charge < -0.3 is 5.11 Å². The van der Waals surface area contributed by atoms with Crippen molar-refractivity contribution in [1.29, 1.82) is 0 Å². The minimum Gasteiger partial charge on any atom is -0.478 e. The Morgan fingerprint density at radius 1 is 1.15 bits per heavy atom. The molecule has 0 aromatic heterocycles. The normalized spacial score (nSPS) is 17.1. The van der Waals surface area contributed by atoms with Crippen LogP contribution in [0.25, 0.3) is 6.08 Å². The molecule has 1 saturated heterocycles. The average Bonchev–Trinajstić information content (AvgIpc) is 2.97.